The molecule has 3 nitrogen and oxygen atoms in total. The van der Waals surface area contributed by atoms with Gasteiger partial charge in [0, 0.05) is 5.69 Å². The van der Waals surface area contributed by atoms with E-state index in [4.69, 9.17) is 6.57 Å². The van der Waals surface area contributed by atoms with Crippen LogP contribution in [0.15, 0.2) is 24.3 Å². The Labute approximate surface area is 96.3 Å². The molecule has 0 aliphatic carbocycles. The highest BCUT2D eigenvalue weighted by molar-refractivity contribution is 5.94. The lowest BCUT2D eigenvalue weighted by Gasteiger charge is -2.22. The molecule has 0 fully saturated rings. The van der Waals surface area contributed by atoms with Gasteiger partial charge in [-0.05, 0) is 17.0 Å². The van der Waals surface area contributed by atoms with E-state index in [2.05, 4.69) is 30.9 Å². The molecule has 0 saturated heterocycles. The van der Waals surface area contributed by atoms with E-state index in [9.17, 15) is 4.79 Å². The highest BCUT2D eigenvalue weighted by Crippen LogP contribution is 2.29. The number of nitrogens with one attached hydrogen (secondary N) is 1. The van der Waals surface area contributed by atoms with Gasteiger partial charge < -0.3 is 10.2 Å². The summed E-state index contributed by atoms with van der Waals surface area (Å²) in [6, 6.07) is 7.68. The van der Waals surface area contributed by atoms with Crippen LogP contribution in [0.4, 0.5) is 5.69 Å². The third-order valence-electron chi connectivity index (χ3n) is 2.23. The van der Waals surface area contributed by atoms with E-state index in [-0.39, 0.29) is 17.9 Å². The molecule has 1 rings (SSSR count). The molecule has 0 saturated carbocycles. The first-order valence-corrected chi connectivity index (χ1v) is 5.17. The lowest BCUT2D eigenvalue weighted by molar-refractivity contribution is -0.114. The van der Waals surface area contributed by atoms with Crippen molar-refractivity contribution in [1.82, 2.24) is 0 Å². The Balaban J connectivity index is 2.97. The minimum absolute atomic E-state index is 0.0258. The summed E-state index contributed by atoms with van der Waals surface area (Å²) in [5, 5.41) is 2.77. The maximum atomic E-state index is 11.4. The molecule has 0 bridgehead atoms. The van der Waals surface area contributed by atoms with Crippen LogP contribution in [0, 0.1) is 6.57 Å². The molecule has 0 aromatic heterocycles. The van der Waals surface area contributed by atoms with Crippen LogP contribution >= 0.6 is 0 Å². The van der Waals surface area contributed by atoms with Gasteiger partial charge in [0.05, 0.1) is 0 Å². The largest absolute Gasteiger partial charge is 0.319 e. The average Bonchev–Trinajstić information content (AvgIpc) is 2.17. The van der Waals surface area contributed by atoms with E-state index < -0.39 is 0 Å². The van der Waals surface area contributed by atoms with Gasteiger partial charge in [0.1, 0.15) is 0 Å². The second-order valence-corrected chi connectivity index (χ2v) is 4.66. The maximum Gasteiger partial charge on any atom is 0.304 e. The molecule has 0 unspecified atom stereocenters. The molecule has 0 heterocycles. The number of amides is 1. The van der Waals surface area contributed by atoms with Gasteiger partial charge in [-0.25, -0.2) is 6.57 Å². The van der Waals surface area contributed by atoms with Crippen molar-refractivity contribution >= 4 is 11.6 Å². The Hall–Kier alpha value is -1.82. The van der Waals surface area contributed by atoms with E-state index in [0.29, 0.717) is 0 Å². The summed E-state index contributed by atoms with van der Waals surface area (Å²) in [4.78, 5) is 14.4. The van der Waals surface area contributed by atoms with E-state index in [0.717, 1.165) is 11.3 Å². The third-order valence-corrected chi connectivity index (χ3v) is 2.23. The van der Waals surface area contributed by atoms with Crippen LogP contribution in [0.3, 0.4) is 0 Å². The predicted molar refractivity (Wildman–Crippen MR) is 65.2 cm³/mol. The van der Waals surface area contributed by atoms with E-state index >= 15 is 0 Å². The molecule has 16 heavy (non-hydrogen) atoms. The second kappa shape index (κ2) is 4.80. The van der Waals surface area contributed by atoms with Crippen LogP contribution in [-0.4, -0.2) is 12.5 Å². The number of anilines is 1. The fourth-order valence-electron chi connectivity index (χ4n) is 1.51. The van der Waals surface area contributed by atoms with E-state index in [1.54, 1.807) is 0 Å². The number of carbonyl (C=O) groups is 1. The number of hydrogen-bond acceptors (Lipinski definition) is 1. The van der Waals surface area contributed by atoms with Crippen LogP contribution in [0.25, 0.3) is 4.85 Å². The lowest BCUT2D eigenvalue weighted by atomic mass is 9.86. The minimum Gasteiger partial charge on any atom is -0.319 e. The molecule has 1 amide bonds. The zero-order valence-corrected chi connectivity index (χ0v) is 9.87. The molecular weight excluding hydrogens is 200 g/mol. The molecule has 0 aliphatic rings. The summed E-state index contributed by atoms with van der Waals surface area (Å²) in [5.74, 6) is -0.258. The maximum absolute atomic E-state index is 11.4. The second-order valence-electron chi connectivity index (χ2n) is 4.66. The van der Waals surface area contributed by atoms with Gasteiger partial charge in [-0.2, -0.15) is 0 Å². The van der Waals surface area contributed by atoms with Crippen LogP contribution in [0.5, 0.6) is 0 Å². The normalized spacial score (nSPS) is 10.6. The predicted octanol–water partition coefficient (Wildman–Crippen LogP) is 2.84. The Kier molecular flexibility index (Phi) is 3.68. The number of benzene rings is 1. The Morgan fingerprint density at radius 2 is 2.00 bits per heavy atom. The first-order chi connectivity index (χ1) is 7.45. The highest BCUT2D eigenvalue weighted by atomic mass is 16.1. The molecule has 1 N–H and O–H groups in total. The smallest absolute Gasteiger partial charge is 0.304 e. The third kappa shape index (κ3) is 3.09. The number of nitrogens with zero attached hydrogens (tertiary/aromatic N) is 1. The van der Waals surface area contributed by atoms with E-state index in [1.807, 2.05) is 24.3 Å². The van der Waals surface area contributed by atoms with Crippen molar-refractivity contribution in [1.29, 1.82) is 0 Å². The van der Waals surface area contributed by atoms with Gasteiger partial charge in [0.25, 0.3) is 6.54 Å². The molecular formula is C13H16N2O. The van der Waals surface area contributed by atoms with Crippen LogP contribution in [0.1, 0.15) is 26.3 Å². The van der Waals surface area contributed by atoms with Crippen molar-refractivity contribution in [3.63, 3.8) is 0 Å². The fourth-order valence-corrected chi connectivity index (χ4v) is 1.51. The van der Waals surface area contributed by atoms with Gasteiger partial charge in [-0.15, -0.1) is 0 Å². The number of para-hydroxylation sites is 1. The van der Waals surface area contributed by atoms with Crippen LogP contribution in [0.2, 0.25) is 0 Å². The SMILES string of the molecule is [C-]#[N+]CC(=O)Nc1ccccc1C(C)(C)C. The molecule has 3 heteroatoms. The molecule has 1 aromatic carbocycles. The number of carbonyl (C=O) groups excluding carboxylic acids is 1. The molecule has 0 atom stereocenters. The molecule has 0 spiro atoms. The Morgan fingerprint density at radius 3 is 2.56 bits per heavy atom. The average molecular weight is 216 g/mol. The first-order valence-electron chi connectivity index (χ1n) is 5.17. The van der Waals surface area contributed by atoms with Crippen molar-refractivity contribution in [2.24, 2.45) is 0 Å². The quantitative estimate of drug-likeness (QED) is 0.758. The monoisotopic (exact) mass is 216 g/mol. The van der Waals surface area contributed by atoms with Crippen molar-refractivity contribution in [3.8, 4) is 0 Å². The number of hydrogen-bond donors (Lipinski definition) is 1. The minimum atomic E-state index is -0.258. The summed E-state index contributed by atoms with van der Waals surface area (Å²) in [5.41, 5.74) is 1.85. The molecule has 0 aliphatic heterocycles. The van der Waals surface area contributed by atoms with Crippen molar-refractivity contribution in [2.45, 2.75) is 26.2 Å². The Morgan fingerprint density at radius 1 is 1.38 bits per heavy atom. The summed E-state index contributed by atoms with van der Waals surface area (Å²) in [6.45, 7) is 12.8. The summed E-state index contributed by atoms with van der Waals surface area (Å²) in [7, 11) is 0. The van der Waals surface area contributed by atoms with Crippen molar-refractivity contribution in [3.05, 3.63) is 41.2 Å². The van der Waals surface area contributed by atoms with Gasteiger partial charge in [-0.1, -0.05) is 39.0 Å². The fraction of sp³-hybridized carbons (Fsp3) is 0.385. The highest BCUT2D eigenvalue weighted by Gasteiger charge is 2.18. The van der Waals surface area contributed by atoms with E-state index in [1.165, 1.54) is 0 Å². The summed E-state index contributed by atoms with van der Waals surface area (Å²) < 4.78 is 0. The van der Waals surface area contributed by atoms with Crippen LogP contribution < -0.4 is 5.32 Å². The molecule has 0 radical (unpaired) electrons. The zero-order chi connectivity index (χ0) is 12.2. The van der Waals surface area contributed by atoms with Gasteiger partial charge in [0.15, 0.2) is 0 Å². The lowest BCUT2D eigenvalue weighted by Crippen LogP contribution is -2.19. The summed E-state index contributed by atoms with van der Waals surface area (Å²) in [6.07, 6.45) is 0. The van der Waals surface area contributed by atoms with Crippen molar-refractivity contribution in [2.75, 3.05) is 11.9 Å². The molecule has 84 valence electrons. The van der Waals surface area contributed by atoms with Crippen LogP contribution in [-0.2, 0) is 10.2 Å². The first kappa shape index (κ1) is 12.3. The summed E-state index contributed by atoms with van der Waals surface area (Å²) >= 11 is 0. The molecule has 1 aromatic rings. The zero-order valence-electron chi connectivity index (χ0n) is 9.87. The van der Waals surface area contributed by atoms with Gasteiger partial charge >= 0.3 is 5.91 Å². The number of rotatable bonds is 2. The van der Waals surface area contributed by atoms with Gasteiger partial charge in [-0.3, -0.25) is 4.79 Å². The standard InChI is InChI=1S/C13H16N2O/c1-13(2,3)10-7-5-6-8-11(10)15-12(16)9-14-4/h5-8H,9H2,1-3H3,(H,15,16). The van der Waals surface area contributed by atoms with Crippen molar-refractivity contribution < 1.29 is 4.79 Å². The van der Waals surface area contributed by atoms with Gasteiger partial charge in [0.2, 0.25) is 0 Å². The Bertz CT molecular complexity index is 424. The topological polar surface area (TPSA) is 33.5 Å².